The van der Waals surface area contributed by atoms with Crippen LogP contribution in [0.4, 0.5) is 10.0 Å². The number of carbonyl (C=O) groups is 2. The van der Waals surface area contributed by atoms with Crippen molar-refractivity contribution in [2.75, 3.05) is 0 Å². The van der Waals surface area contributed by atoms with Gasteiger partial charge >= 0.3 is 26.8 Å². The molecule has 0 spiro atoms. The van der Waals surface area contributed by atoms with Crippen molar-refractivity contribution in [1.82, 2.24) is 9.97 Å². The second kappa shape index (κ2) is 14.2. The summed E-state index contributed by atoms with van der Waals surface area (Å²) in [6.45, 7) is 0. The molecule has 38 heavy (non-hydrogen) atoms. The Hall–Kier alpha value is -4.59. The van der Waals surface area contributed by atoms with Crippen LogP contribution in [-0.4, -0.2) is 43.0 Å². The number of ketones is 2. The molecule has 0 aromatic carbocycles. The largest absolute Gasteiger partial charge is 3.00 e. The van der Waals surface area contributed by atoms with Gasteiger partial charge in [0.1, 0.15) is 22.9 Å². The SMILES string of the molecule is O=C1C=C/C(=N\N=c2/[n-]cc([N+](=O)[O-])s2)C(O)=C1.O=C1C=C/C(=N\N=c2/[n-]cc([N+](=O)[O-])s2)C(O)=C1.[CH3-].[Co+3]. The molecule has 0 radical (unpaired) electrons. The van der Waals surface area contributed by atoms with Gasteiger partial charge in [0.15, 0.2) is 11.6 Å². The van der Waals surface area contributed by atoms with Crippen LogP contribution >= 0.6 is 22.7 Å². The Morgan fingerprint density at radius 3 is 1.37 bits per heavy atom. The maximum Gasteiger partial charge on any atom is 3.00 e. The molecule has 0 saturated carbocycles. The average Bonchev–Trinajstić information content (AvgIpc) is 3.49. The Morgan fingerprint density at radius 1 is 0.711 bits per heavy atom. The zero-order valence-electron chi connectivity index (χ0n) is 18.7. The first-order valence-corrected chi connectivity index (χ1v) is 10.8. The maximum atomic E-state index is 10.9. The zero-order chi connectivity index (χ0) is 26.2. The number of aromatic nitrogens is 2. The number of nitrogens with zero attached hydrogens (tertiary/aromatic N) is 8. The quantitative estimate of drug-likeness (QED) is 0.220. The number of aliphatic hydroxyl groups excluding tert-OH is 2. The maximum absolute atomic E-state index is 10.9. The first-order chi connectivity index (χ1) is 17.1. The molecule has 2 aliphatic rings. The summed E-state index contributed by atoms with van der Waals surface area (Å²) >= 11 is 1.51. The number of hydrogen-bond donors (Lipinski definition) is 2. The number of aliphatic hydroxyl groups is 2. The topological polar surface area (TPSA) is 239 Å². The standard InChI is InChI=1S/2C9H6N4O4S.CH3.Co/c2*14-5-1-2-6(7(15)3-5)11-12-9-10-4-8(18-9)13(16)17;;/h2*1-4H,(H2,10,12,14,15);1H3;/q;;-1;+3/p-2. The fourth-order valence-corrected chi connectivity index (χ4v) is 3.25. The molecule has 2 N–H and O–H groups in total. The van der Waals surface area contributed by atoms with E-state index in [0.29, 0.717) is 0 Å². The van der Waals surface area contributed by atoms with Crippen LogP contribution in [-0.2, 0) is 26.4 Å². The number of nitro groups is 2. The predicted octanol–water partition coefficient (Wildman–Crippen LogP) is 1.35. The fraction of sp³-hybridized carbons (Fsp3) is 0. The van der Waals surface area contributed by atoms with E-state index in [1.807, 2.05) is 0 Å². The molecule has 0 amide bonds. The van der Waals surface area contributed by atoms with Gasteiger partial charge in [-0.3, -0.25) is 40.0 Å². The molecule has 2 aromatic rings. The molecule has 2 heterocycles. The molecule has 0 bridgehead atoms. The number of carbonyl (C=O) groups excluding carboxylic acids is 2. The van der Waals surface area contributed by atoms with Crippen LogP contribution in [0.15, 0.2) is 80.8 Å². The van der Waals surface area contributed by atoms with Crippen molar-refractivity contribution < 1.29 is 46.4 Å². The van der Waals surface area contributed by atoms with Crippen LogP contribution in [0.25, 0.3) is 0 Å². The van der Waals surface area contributed by atoms with E-state index in [1.54, 1.807) is 0 Å². The van der Waals surface area contributed by atoms with Gasteiger partial charge in [-0.25, -0.2) is 0 Å². The Balaban J connectivity index is 0.000000361. The van der Waals surface area contributed by atoms with E-state index in [-0.39, 0.29) is 78.3 Å². The molecule has 16 nitrogen and oxygen atoms in total. The molecule has 2 aliphatic carbocycles. The molecule has 0 aliphatic heterocycles. The van der Waals surface area contributed by atoms with E-state index >= 15 is 0 Å². The monoisotopic (exact) mass is 604 g/mol. The molecule has 2 aromatic heterocycles. The van der Waals surface area contributed by atoms with Gasteiger partial charge in [-0.2, -0.15) is 0 Å². The van der Waals surface area contributed by atoms with Crippen LogP contribution in [0, 0.1) is 27.7 Å². The van der Waals surface area contributed by atoms with E-state index in [9.17, 15) is 40.0 Å². The van der Waals surface area contributed by atoms with E-state index < -0.39 is 9.85 Å². The summed E-state index contributed by atoms with van der Waals surface area (Å²) in [6.07, 6.45) is 9.17. The molecule has 0 atom stereocenters. The molecule has 198 valence electrons. The Labute approximate surface area is 229 Å². The zero-order valence-corrected chi connectivity index (χ0v) is 21.4. The van der Waals surface area contributed by atoms with Crippen LogP contribution in [0.2, 0.25) is 0 Å². The molecule has 0 unspecified atom stereocenters. The number of rotatable bonds is 4. The van der Waals surface area contributed by atoms with E-state index in [1.165, 1.54) is 24.3 Å². The van der Waals surface area contributed by atoms with Gasteiger partial charge in [-0.05, 0) is 24.3 Å². The Bertz CT molecular complexity index is 1450. The van der Waals surface area contributed by atoms with Crippen LogP contribution < -0.4 is 19.6 Å². The smallest absolute Gasteiger partial charge is 0.506 e. The van der Waals surface area contributed by atoms with Gasteiger partial charge < -0.3 is 37.8 Å². The number of allylic oxidation sites excluding steroid dienone is 6. The van der Waals surface area contributed by atoms with Crippen molar-refractivity contribution in [1.29, 1.82) is 0 Å². The fourth-order valence-electron chi connectivity index (χ4n) is 2.14. The van der Waals surface area contributed by atoms with Crippen molar-refractivity contribution in [3.8, 4) is 0 Å². The van der Waals surface area contributed by atoms with Crippen molar-refractivity contribution >= 4 is 55.7 Å². The minimum absolute atomic E-state index is 0. The van der Waals surface area contributed by atoms with E-state index in [0.717, 1.165) is 47.2 Å². The molecule has 0 fully saturated rings. The number of hydrogen-bond acceptors (Lipinski definition) is 14. The Morgan fingerprint density at radius 2 is 1.08 bits per heavy atom. The molecule has 19 heteroatoms. The molecule has 4 rings (SSSR count). The summed E-state index contributed by atoms with van der Waals surface area (Å²) in [5.41, 5.74) is 0.180. The average molecular weight is 604 g/mol. The van der Waals surface area contributed by atoms with Crippen molar-refractivity contribution in [3.05, 3.63) is 97.6 Å². The summed E-state index contributed by atoms with van der Waals surface area (Å²) in [5, 5.41) is 53.9. The molecular weight excluding hydrogens is 591 g/mol. The van der Waals surface area contributed by atoms with Crippen LogP contribution in [0.3, 0.4) is 0 Å². The number of thiazole rings is 2. The third kappa shape index (κ3) is 8.81. The van der Waals surface area contributed by atoms with Crippen LogP contribution in [0.1, 0.15) is 0 Å². The van der Waals surface area contributed by atoms with Crippen molar-refractivity contribution in [3.63, 3.8) is 0 Å². The summed E-state index contributed by atoms with van der Waals surface area (Å²) in [6, 6.07) is 0. The third-order valence-corrected chi connectivity index (χ3v) is 5.37. The second-order valence-corrected chi connectivity index (χ2v) is 8.15. The Kier molecular flexibility index (Phi) is 11.8. The summed E-state index contributed by atoms with van der Waals surface area (Å²) in [4.78, 5) is 48.9. The molecule has 0 saturated heterocycles. The predicted molar refractivity (Wildman–Crippen MR) is 131 cm³/mol. The van der Waals surface area contributed by atoms with Crippen molar-refractivity contribution in [2.45, 2.75) is 0 Å². The van der Waals surface area contributed by atoms with E-state index in [4.69, 9.17) is 0 Å². The van der Waals surface area contributed by atoms with Gasteiger partial charge in [0, 0.05) is 34.1 Å². The summed E-state index contributed by atoms with van der Waals surface area (Å²) in [7, 11) is 0. The van der Waals surface area contributed by atoms with Gasteiger partial charge in [0.25, 0.3) is 0 Å². The van der Waals surface area contributed by atoms with Gasteiger partial charge in [0.2, 0.25) is 0 Å². The van der Waals surface area contributed by atoms with Gasteiger partial charge in [0.05, 0.1) is 9.85 Å². The van der Waals surface area contributed by atoms with E-state index in [2.05, 4.69) is 30.4 Å². The molecular formula is C19H13CoN8O8S2. The second-order valence-electron chi connectivity index (χ2n) is 6.18. The summed E-state index contributed by atoms with van der Waals surface area (Å²) < 4.78 is 0. The first-order valence-electron chi connectivity index (χ1n) is 9.16. The summed E-state index contributed by atoms with van der Waals surface area (Å²) in [5.74, 6) is -1.32. The van der Waals surface area contributed by atoms with Gasteiger partial charge in [-0.15, -0.1) is 0 Å². The van der Waals surface area contributed by atoms with Gasteiger partial charge in [-0.1, -0.05) is 22.7 Å². The van der Waals surface area contributed by atoms with Crippen molar-refractivity contribution in [2.24, 2.45) is 20.4 Å². The normalized spacial score (nSPS) is 17.3. The first kappa shape index (κ1) is 31.4. The van der Waals surface area contributed by atoms with Crippen LogP contribution in [0.5, 0.6) is 0 Å². The minimum atomic E-state index is -0.583. The minimum Gasteiger partial charge on any atom is -0.506 e. The third-order valence-electron chi connectivity index (χ3n) is 3.70.